The summed E-state index contributed by atoms with van der Waals surface area (Å²) in [6.07, 6.45) is 7.03. The van der Waals surface area contributed by atoms with Crippen molar-refractivity contribution in [3.05, 3.63) is 48.8 Å². The molecule has 36 heavy (non-hydrogen) atoms. The normalized spacial score (nSPS) is 18.4. The fourth-order valence-corrected chi connectivity index (χ4v) is 5.17. The van der Waals surface area contributed by atoms with Crippen molar-refractivity contribution < 1.29 is 5.11 Å². The molecule has 9 heteroatoms. The summed E-state index contributed by atoms with van der Waals surface area (Å²) < 4.78 is 1.72. The maximum Gasteiger partial charge on any atom is 0.160 e. The number of benzene rings is 1. The van der Waals surface area contributed by atoms with E-state index in [1.807, 2.05) is 20.0 Å². The van der Waals surface area contributed by atoms with Gasteiger partial charge in [0.1, 0.15) is 22.6 Å². The third-order valence-electron chi connectivity index (χ3n) is 6.75. The number of aromatic hydroxyl groups is 1. The summed E-state index contributed by atoms with van der Waals surface area (Å²) in [5.41, 5.74) is 3.39. The van der Waals surface area contributed by atoms with E-state index < -0.39 is 0 Å². The molecule has 0 radical (unpaired) electrons. The molecule has 0 amide bonds. The first kappa shape index (κ1) is 25.5. The quantitative estimate of drug-likeness (QED) is 0.316. The number of rotatable bonds is 5. The fraction of sp³-hybridized carbons (Fsp3) is 0.444. The van der Waals surface area contributed by atoms with Gasteiger partial charge in [-0.3, -0.25) is 4.68 Å². The zero-order valence-electron chi connectivity index (χ0n) is 22.2. The lowest BCUT2D eigenvalue weighted by Gasteiger charge is -2.49. The Hall–Kier alpha value is -3.59. The van der Waals surface area contributed by atoms with Crippen LogP contribution >= 0.6 is 0 Å². The number of piperidine rings is 1. The molecule has 2 aromatic heterocycles. The number of hydrogen-bond acceptors (Lipinski definition) is 7. The molecule has 0 unspecified atom stereocenters. The molecule has 0 saturated carbocycles. The SMILES string of the molecule is C=C/C(=N\N=C(/C)N(C)C1CC(C)(C)NC(C)(C)C1)c1ccc(-c2ncc3c(cnn3C)n2)cc1O. The zero-order valence-corrected chi connectivity index (χ0v) is 22.2. The van der Waals surface area contributed by atoms with Gasteiger partial charge in [0.05, 0.1) is 18.1 Å². The van der Waals surface area contributed by atoms with Gasteiger partial charge in [0.2, 0.25) is 0 Å². The van der Waals surface area contributed by atoms with Crippen LogP contribution in [0.3, 0.4) is 0 Å². The largest absolute Gasteiger partial charge is 0.507 e. The third kappa shape index (κ3) is 5.31. The summed E-state index contributed by atoms with van der Waals surface area (Å²) in [6.45, 7) is 14.8. The molecule has 4 rings (SSSR count). The van der Waals surface area contributed by atoms with Gasteiger partial charge in [0.15, 0.2) is 5.82 Å². The average Bonchev–Trinajstić information content (AvgIpc) is 3.17. The van der Waals surface area contributed by atoms with Crippen LogP contribution in [0.5, 0.6) is 5.75 Å². The van der Waals surface area contributed by atoms with Gasteiger partial charge in [-0.1, -0.05) is 12.6 Å². The van der Waals surface area contributed by atoms with Crippen molar-refractivity contribution in [2.45, 2.75) is 64.6 Å². The molecular formula is C27H36N8O. The number of allylic oxidation sites excluding steroid dienone is 1. The highest BCUT2D eigenvalue weighted by molar-refractivity contribution is 6.10. The molecule has 1 fully saturated rings. The maximum atomic E-state index is 10.8. The lowest BCUT2D eigenvalue weighted by atomic mass is 9.79. The number of amidine groups is 1. The molecule has 1 aliphatic rings. The van der Waals surface area contributed by atoms with Gasteiger partial charge >= 0.3 is 0 Å². The molecule has 1 aliphatic heterocycles. The van der Waals surface area contributed by atoms with E-state index in [-0.39, 0.29) is 16.8 Å². The van der Waals surface area contributed by atoms with Gasteiger partial charge in [-0.2, -0.15) is 5.10 Å². The molecule has 9 nitrogen and oxygen atoms in total. The fourth-order valence-electron chi connectivity index (χ4n) is 5.17. The summed E-state index contributed by atoms with van der Waals surface area (Å²) >= 11 is 0. The van der Waals surface area contributed by atoms with Crippen molar-refractivity contribution in [1.29, 1.82) is 0 Å². The number of aryl methyl sites for hydroxylation is 1. The first-order valence-corrected chi connectivity index (χ1v) is 12.1. The Morgan fingerprint density at radius 3 is 2.53 bits per heavy atom. The van der Waals surface area contributed by atoms with E-state index in [9.17, 15) is 5.11 Å². The second-order valence-corrected chi connectivity index (χ2v) is 10.9. The number of aromatic nitrogens is 4. The molecule has 3 heterocycles. The van der Waals surface area contributed by atoms with Crippen molar-refractivity contribution in [2.24, 2.45) is 17.3 Å². The van der Waals surface area contributed by atoms with Crippen LogP contribution in [0.1, 0.15) is 53.0 Å². The van der Waals surface area contributed by atoms with Gasteiger partial charge in [-0.25, -0.2) is 9.97 Å². The molecule has 0 bridgehead atoms. The predicted molar refractivity (Wildman–Crippen MR) is 145 cm³/mol. The number of nitrogens with one attached hydrogen (secondary N) is 1. The number of fused-ring (bicyclic) bond motifs is 1. The van der Waals surface area contributed by atoms with Gasteiger partial charge < -0.3 is 15.3 Å². The highest BCUT2D eigenvalue weighted by atomic mass is 16.3. The first-order valence-electron chi connectivity index (χ1n) is 12.1. The smallest absolute Gasteiger partial charge is 0.160 e. The molecule has 0 spiro atoms. The van der Waals surface area contributed by atoms with Crippen LogP contribution in [-0.2, 0) is 7.05 Å². The summed E-state index contributed by atoms with van der Waals surface area (Å²) in [6, 6.07) is 5.61. The Kier molecular flexibility index (Phi) is 6.70. The summed E-state index contributed by atoms with van der Waals surface area (Å²) in [4.78, 5) is 11.2. The Balaban J connectivity index is 1.56. The molecule has 190 valence electrons. The van der Waals surface area contributed by atoms with Crippen molar-refractivity contribution in [3.63, 3.8) is 0 Å². The van der Waals surface area contributed by atoms with Crippen LogP contribution in [0.2, 0.25) is 0 Å². The molecular weight excluding hydrogens is 452 g/mol. The average molecular weight is 489 g/mol. The van der Waals surface area contributed by atoms with E-state index in [0.29, 0.717) is 28.7 Å². The van der Waals surface area contributed by atoms with Gasteiger partial charge in [0, 0.05) is 42.3 Å². The van der Waals surface area contributed by atoms with Crippen LogP contribution in [0, 0.1) is 0 Å². The van der Waals surface area contributed by atoms with Crippen molar-refractivity contribution in [3.8, 4) is 17.1 Å². The van der Waals surface area contributed by atoms with Gasteiger partial charge in [0.25, 0.3) is 0 Å². The minimum absolute atomic E-state index is 0.0370. The van der Waals surface area contributed by atoms with E-state index in [1.54, 1.807) is 35.3 Å². The summed E-state index contributed by atoms with van der Waals surface area (Å²) in [7, 11) is 3.91. The molecule has 3 aromatic rings. The Labute approximate surface area is 212 Å². The highest BCUT2D eigenvalue weighted by Gasteiger charge is 2.39. The maximum absolute atomic E-state index is 10.8. The number of nitrogens with zero attached hydrogens (tertiary/aromatic N) is 7. The van der Waals surface area contributed by atoms with E-state index in [0.717, 1.165) is 29.7 Å². The topological polar surface area (TPSA) is 104 Å². The predicted octanol–water partition coefficient (Wildman–Crippen LogP) is 4.29. The number of phenols is 1. The Morgan fingerprint density at radius 1 is 1.19 bits per heavy atom. The van der Waals surface area contributed by atoms with Crippen LogP contribution in [0.15, 0.2) is 53.5 Å². The lowest BCUT2D eigenvalue weighted by molar-refractivity contribution is 0.113. The highest BCUT2D eigenvalue weighted by Crippen LogP contribution is 2.31. The zero-order chi connectivity index (χ0) is 26.3. The van der Waals surface area contributed by atoms with Crippen LogP contribution in [-0.4, -0.2) is 65.5 Å². The number of hydrogen-bond donors (Lipinski definition) is 2. The second kappa shape index (κ2) is 9.46. The third-order valence-corrected chi connectivity index (χ3v) is 6.75. The van der Waals surface area contributed by atoms with E-state index in [4.69, 9.17) is 0 Å². The first-order chi connectivity index (χ1) is 16.9. The van der Waals surface area contributed by atoms with Crippen molar-refractivity contribution >= 4 is 22.6 Å². The lowest BCUT2D eigenvalue weighted by Crippen LogP contribution is -2.62. The number of phenolic OH excluding ortho intramolecular Hbond substituents is 1. The molecule has 2 N–H and O–H groups in total. The van der Waals surface area contributed by atoms with Gasteiger partial charge in [-0.15, -0.1) is 10.2 Å². The summed E-state index contributed by atoms with van der Waals surface area (Å²) in [5, 5.41) is 27.7. The van der Waals surface area contributed by atoms with E-state index >= 15 is 0 Å². The minimum atomic E-state index is 0.0370. The Bertz CT molecular complexity index is 1340. The van der Waals surface area contributed by atoms with E-state index in [1.165, 1.54) is 0 Å². The molecule has 0 atom stereocenters. The van der Waals surface area contributed by atoms with Crippen LogP contribution < -0.4 is 5.32 Å². The molecule has 1 aromatic carbocycles. The van der Waals surface area contributed by atoms with Crippen molar-refractivity contribution in [2.75, 3.05) is 7.05 Å². The monoisotopic (exact) mass is 488 g/mol. The summed E-state index contributed by atoms with van der Waals surface area (Å²) in [5.74, 6) is 1.38. The molecule has 1 saturated heterocycles. The van der Waals surface area contributed by atoms with E-state index in [2.05, 4.69) is 76.8 Å². The van der Waals surface area contributed by atoms with Crippen LogP contribution in [0.25, 0.3) is 22.4 Å². The Morgan fingerprint density at radius 2 is 1.89 bits per heavy atom. The second-order valence-electron chi connectivity index (χ2n) is 10.9. The van der Waals surface area contributed by atoms with Crippen molar-refractivity contribution in [1.82, 2.24) is 30.0 Å². The molecule has 0 aliphatic carbocycles. The minimum Gasteiger partial charge on any atom is -0.507 e. The standard InChI is InChI=1S/C27H36N8O/c1-9-21(32-31-17(2)34(7)19-13-26(3,4)33-27(5,6)14-19)20-11-10-18(12-24(20)36)25-28-16-23-22(30-25)15-29-35(23)8/h9-12,15-16,19,33,36H,1,13-14H2,2-8H3/b31-17+,32-21+. The van der Waals surface area contributed by atoms with Crippen LogP contribution in [0.4, 0.5) is 0 Å². The van der Waals surface area contributed by atoms with Gasteiger partial charge in [-0.05, 0) is 65.7 Å².